The molecule has 122 valence electrons. The smallest absolute Gasteiger partial charge is 0.272 e. The van der Waals surface area contributed by atoms with Crippen LogP contribution in [-0.4, -0.2) is 34.6 Å². The van der Waals surface area contributed by atoms with Crippen molar-refractivity contribution in [3.8, 4) is 5.88 Å². The number of pyridine rings is 1. The number of amides is 1. The monoisotopic (exact) mass is 314 g/mol. The first-order valence-electron chi connectivity index (χ1n) is 7.32. The van der Waals surface area contributed by atoms with Crippen molar-refractivity contribution in [3.05, 3.63) is 23.9 Å². The highest BCUT2D eigenvalue weighted by Gasteiger charge is 2.33. The Hall–Kier alpha value is -1.76. The number of aromatic nitrogens is 1. The van der Waals surface area contributed by atoms with Crippen LogP contribution >= 0.6 is 0 Å². The van der Waals surface area contributed by atoms with Crippen LogP contribution in [-0.2, 0) is 11.3 Å². The molecule has 2 rings (SSSR count). The summed E-state index contributed by atoms with van der Waals surface area (Å²) in [5.41, 5.74) is -0.181. The number of hydrogen-bond donors (Lipinski definition) is 2. The molecular weight excluding hydrogens is 294 g/mol. The zero-order chi connectivity index (χ0) is 16.0. The minimum absolute atomic E-state index is 0.0901. The second-order valence-corrected chi connectivity index (χ2v) is 5.59. The summed E-state index contributed by atoms with van der Waals surface area (Å²) in [5.74, 6) is -0.127. The molecule has 2 N–H and O–H groups in total. The van der Waals surface area contributed by atoms with Crippen LogP contribution in [0.2, 0.25) is 0 Å². The Bertz CT molecular complexity index is 505. The Kier molecular flexibility index (Phi) is 5.65. The molecule has 0 aliphatic heterocycles. The molecule has 1 heterocycles. The highest BCUT2D eigenvalue weighted by molar-refractivity contribution is 5.77. The van der Waals surface area contributed by atoms with E-state index in [1.165, 1.54) is 12.3 Å². The van der Waals surface area contributed by atoms with Gasteiger partial charge in [-0.05, 0) is 24.5 Å². The molecule has 1 aliphatic carbocycles. The van der Waals surface area contributed by atoms with Crippen LogP contribution in [0.5, 0.6) is 5.88 Å². The highest BCUT2D eigenvalue weighted by atomic mass is 19.3. The quantitative estimate of drug-likeness (QED) is 0.808. The largest absolute Gasteiger partial charge is 0.472 e. The van der Waals surface area contributed by atoms with Gasteiger partial charge in [0.05, 0.1) is 12.0 Å². The van der Waals surface area contributed by atoms with Gasteiger partial charge in [0.15, 0.2) is 6.61 Å². The first-order chi connectivity index (χ1) is 10.5. The number of hydrogen-bond acceptors (Lipinski definition) is 4. The molecule has 0 spiro atoms. The summed E-state index contributed by atoms with van der Waals surface area (Å²) in [6.45, 7) is -0.474. The fraction of sp³-hybridized carbons (Fsp3) is 0.600. The van der Waals surface area contributed by atoms with Crippen molar-refractivity contribution in [2.45, 2.75) is 50.7 Å². The molecule has 0 radical (unpaired) electrons. The minimum Gasteiger partial charge on any atom is -0.472 e. The summed E-state index contributed by atoms with van der Waals surface area (Å²) in [6.07, 6.45) is 2.16. The van der Waals surface area contributed by atoms with E-state index in [1.807, 2.05) is 0 Å². The van der Waals surface area contributed by atoms with Crippen LogP contribution in [0.1, 0.15) is 37.7 Å². The Morgan fingerprint density at radius 1 is 1.45 bits per heavy atom. The maximum atomic E-state index is 12.1. The number of rotatable bonds is 7. The van der Waals surface area contributed by atoms with Crippen LogP contribution < -0.4 is 10.1 Å². The van der Waals surface area contributed by atoms with Crippen LogP contribution in [0, 0.1) is 0 Å². The summed E-state index contributed by atoms with van der Waals surface area (Å²) in [6, 6.07) is 3.17. The van der Waals surface area contributed by atoms with Crippen LogP contribution in [0.4, 0.5) is 8.78 Å². The van der Waals surface area contributed by atoms with Gasteiger partial charge in [-0.1, -0.05) is 12.8 Å². The van der Waals surface area contributed by atoms with Crippen LogP contribution in [0.3, 0.4) is 0 Å². The van der Waals surface area contributed by atoms with Gasteiger partial charge in [0.1, 0.15) is 0 Å². The number of carbonyl (C=O) groups excluding carboxylic acids is 1. The zero-order valence-electron chi connectivity index (χ0n) is 12.2. The van der Waals surface area contributed by atoms with Crippen molar-refractivity contribution < 1.29 is 23.4 Å². The maximum absolute atomic E-state index is 12.1. The zero-order valence-corrected chi connectivity index (χ0v) is 12.2. The van der Waals surface area contributed by atoms with E-state index in [4.69, 9.17) is 4.74 Å². The van der Waals surface area contributed by atoms with Crippen molar-refractivity contribution in [1.82, 2.24) is 10.3 Å². The second-order valence-electron chi connectivity index (χ2n) is 5.59. The maximum Gasteiger partial charge on any atom is 0.272 e. The number of ether oxygens (including phenoxy) is 1. The molecule has 1 saturated carbocycles. The van der Waals surface area contributed by atoms with Gasteiger partial charge in [-0.25, -0.2) is 13.8 Å². The molecule has 0 saturated heterocycles. The molecule has 0 aromatic carbocycles. The SMILES string of the molecule is O=C(CC1(O)CCCC1)NCc1ccnc(OCC(F)F)c1. The molecule has 1 amide bonds. The van der Waals surface area contributed by atoms with E-state index in [-0.39, 0.29) is 24.8 Å². The van der Waals surface area contributed by atoms with Crippen LogP contribution in [0.25, 0.3) is 0 Å². The molecule has 22 heavy (non-hydrogen) atoms. The lowest BCUT2D eigenvalue weighted by atomic mass is 9.98. The number of nitrogens with one attached hydrogen (secondary N) is 1. The molecule has 0 atom stereocenters. The summed E-state index contributed by atoms with van der Waals surface area (Å²) < 4.78 is 29.0. The average Bonchev–Trinajstić information content (AvgIpc) is 2.90. The molecule has 1 fully saturated rings. The van der Waals surface area contributed by atoms with E-state index in [1.54, 1.807) is 6.07 Å². The van der Waals surface area contributed by atoms with E-state index in [0.29, 0.717) is 18.4 Å². The van der Waals surface area contributed by atoms with Crippen LogP contribution in [0.15, 0.2) is 18.3 Å². The van der Waals surface area contributed by atoms with Gasteiger partial charge < -0.3 is 15.2 Å². The Balaban J connectivity index is 1.80. The van der Waals surface area contributed by atoms with Gasteiger partial charge in [0.2, 0.25) is 11.8 Å². The third kappa shape index (κ3) is 5.22. The average molecular weight is 314 g/mol. The van der Waals surface area contributed by atoms with Crippen molar-refractivity contribution in [2.24, 2.45) is 0 Å². The topological polar surface area (TPSA) is 71.5 Å². The first kappa shape index (κ1) is 16.6. The van der Waals surface area contributed by atoms with Crippen molar-refractivity contribution in [1.29, 1.82) is 0 Å². The van der Waals surface area contributed by atoms with Gasteiger partial charge in [0, 0.05) is 18.8 Å². The molecule has 1 aromatic rings. The summed E-state index contributed by atoms with van der Waals surface area (Å²) in [7, 11) is 0. The fourth-order valence-corrected chi connectivity index (χ4v) is 2.56. The Morgan fingerprint density at radius 2 is 2.18 bits per heavy atom. The minimum atomic E-state index is -2.56. The van der Waals surface area contributed by atoms with E-state index in [0.717, 1.165) is 12.8 Å². The number of carbonyl (C=O) groups is 1. The van der Waals surface area contributed by atoms with Crippen molar-refractivity contribution in [2.75, 3.05) is 6.61 Å². The number of nitrogens with zero attached hydrogens (tertiary/aromatic N) is 1. The summed E-state index contributed by atoms with van der Waals surface area (Å²) in [5, 5.41) is 12.9. The molecule has 5 nitrogen and oxygen atoms in total. The lowest BCUT2D eigenvalue weighted by Gasteiger charge is -2.21. The molecule has 7 heteroatoms. The predicted octanol–water partition coefficient (Wildman–Crippen LogP) is 2.04. The van der Waals surface area contributed by atoms with Gasteiger partial charge in [-0.2, -0.15) is 0 Å². The summed E-state index contributed by atoms with van der Waals surface area (Å²) in [4.78, 5) is 15.7. The number of halogens is 2. The first-order valence-corrected chi connectivity index (χ1v) is 7.32. The third-order valence-electron chi connectivity index (χ3n) is 3.67. The second kappa shape index (κ2) is 7.49. The van der Waals surface area contributed by atoms with Gasteiger partial charge in [-0.15, -0.1) is 0 Å². The van der Waals surface area contributed by atoms with Gasteiger partial charge in [0.25, 0.3) is 6.43 Å². The third-order valence-corrected chi connectivity index (χ3v) is 3.67. The molecule has 0 unspecified atom stereocenters. The molecule has 1 aromatic heterocycles. The Morgan fingerprint density at radius 3 is 2.86 bits per heavy atom. The van der Waals surface area contributed by atoms with Gasteiger partial charge >= 0.3 is 0 Å². The van der Waals surface area contributed by atoms with Crippen molar-refractivity contribution in [3.63, 3.8) is 0 Å². The Labute approximate surface area is 127 Å². The van der Waals surface area contributed by atoms with E-state index in [9.17, 15) is 18.7 Å². The van der Waals surface area contributed by atoms with E-state index < -0.39 is 18.6 Å². The lowest BCUT2D eigenvalue weighted by Crippen LogP contribution is -2.34. The van der Waals surface area contributed by atoms with E-state index >= 15 is 0 Å². The van der Waals surface area contributed by atoms with Crippen molar-refractivity contribution >= 4 is 5.91 Å². The highest BCUT2D eigenvalue weighted by Crippen LogP contribution is 2.32. The normalized spacial score (nSPS) is 16.7. The van der Waals surface area contributed by atoms with Gasteiger partial charge in [-0.3, -0.25) is 4.79 Å². The molecule has 0 bridgehead atoms. The molecular formula is C15H20F2N2O3. The predicted molar refractivity (Wildman–Crippen MR) is 75.6 cm³/mol. The standard InChI is InChI=1S/C15H20F2N2O3/c16-12(17)10-22-14-7-11(3-6-18-14)9-19-13(20)8-15(21)4-1-2-5-15/h3,6-7,12,21H,1-2,4-5,8-10H2,(H,19,20). The number of aliphatic hydroxyl groups is 1. The number of alkyl halides is 2. The fourth-order valence-electron chi connectivity index (χ4n) is 2.56. The van der Waals surface area contributed by atoms with E-state index in [2.05, 4.69) is 10.3 Å². The summed E-state index contributed by atoms with van der Waals surface area (Å²) >= 11 is 0. The molecule has 1 aliphatic rings. The lowest BCUT2D eigenvalue weighted by molar-refractivity contribution is -0.126.